The fourth-order valence-electron chi connectivity index (χ4n) is 3.40. The Morgan fingerprint density at radius 1 is 0.784 bits per heavy atom. The van der Waals surface area contributed by atoms with Gasteiger partial charge in [0, 0.05) is 6.42 Å². The molecule has 0 saturated heterocycles. The van der Waals surface area contributed by atoms with Crippen LogP contribution in [0.3, 0.4) is 0 Å². The van der Waals surface area contributed by atoms with Crippen molar-refractivity contribution in [1.82, 2.24) is 0 Å². The Hall–Kier alpha value is 0.970. The topological polar surface area (TPSA) is 171 Å². The number of ether oxygens (including phenoxy) is 1. The van der Waals surface area contributed by atoms with Gasteiger partial charge in [0.15, 0.2) is 0 Å². The monoisotopic (exact) mass is 569 g/mol. The molecule has 0 bridgehead atoms. The van der Waals surface area contributed by atoms with Crippen LogP contribution < -0.4 is 74.8 Å². The fourth-order valence-corrected chi connectivity index (χ4v) is 4.18. The summed E-state index contributed by atoms with van der Waals surface area (Å²) >= 11 is 0. The standard InChI is InChI=1S/C24H48NO9P.2Na/c1-2-3-4-5-6-7-8-9-10-11-12-13-14-15-16-17-23(27)32-18-21(26)19-33-35(30,31)34-20-22(25)24(28)29;;/h21-22,26H,2-20,25H2,1H3,(H,28,29)(H,30,31);;/q;2*+1/p-2/t21-,22+;;/m1../s1. The molecule has 0 heterocycles. The van der Waals surface area contributed by atoms with Crippen LogP contribution in [-0.4, -0.2) is 49.0 Å². The minimum atomic E-state index is -4.86. The normalized spacial score (nSPS) is 14.1. The molecule has 13 heteroatoms. The third-order valence-corrected chi connectivity index (χ3v) is 6.49. The van der Waals surface area contributed by atoms with Crippen molar-refractivity contribution in [3.8, 4) is 0 Å². The molecule has 3 atom stereocenters. The van der Waals surface area contributed by atoms with E-state index in [0.717, 1.165) is 19.3 Å². The van der Waals surface area contributed by atoms with Crippen LogP contribution in [0.5, 0.6) is 0 Å². The van der Waals surface area contributed by atoms with Gasteiger partial charge < -0.3 is 39.4 Å². The van der Waals surface area contributed by atoms with E-state index in [-0.39, 0.29) is 65.5 Å². The molecule has 0 fully saturated rings. The maximum Gasteiger partial charge on any atom is 1.00 e. The number of carboxylic acids is 1. The van der Waals surface area contributed by atoms with Crippen LogP contribution in [0.15, 0.2) is 0 Å². The number of esters is 1. The van der Waals surface area contributed by atoms with E-state index >= 15 is 0 Å². The Morgan fingerprint density at radius 3 is 1.62 bits per heavy atom. The van der Waals surface area contributed by atoms with E-state index in [0.29, 0.717) is 6.42 Å². The summed E-state index contributed by atoms with van der Waals surface area (Å²) in [5.74, 6) is -2.15. The Morgan fingerprint density at radius 2 is 1.19 bits per heavy atom. The number of unbranched alkanes of at least 4 members (excludes halogenated alkanes) is 14. The van der Waals surface area contributed by atoms with E-state index in [1.165, 1.54) is 70.6 Å². The summed E-state index contributed by atoms with van der Waals surface area (Å²) in [7, 11) is -4.86. The second kappa shape index (κ2) is 28.5. The molecule has 0 saturated carbocycles. The number of rotatable bonds is 25. The zero-order valence-corrected chi connectivity index (χ0v) is 28.2. The average molecular weight is 570 g/mol. The van der Waals surface area contributed by atoms with E-state index in [1.54, 1.807) is 0 Å². The molecule has 1 unspecified atom stereocenters. The number of nitrogens with two attached hydrogens (primary N) is 1. The van der Waals surface area contributed by atoms with Gasteiger partial charge in [0.25, 0.3) is 7.82 Å². The van der Waals surface area contributed by atoms with Crippen LogP contribution in [0.1, 0.15) is 110 Å². The van der Waals surface area contributed by atoms with Crippen molar-refractivity contribution in [2.45, 2.75) is 122 Å². The summed E-state index contributed by atoms with van der Waals surface area (Å²) in [6.45, 7) is 0.266. The molecule has 0 rings (SSSR count). The Labute approximate surface area is 267 Å². The molecule has 0 aliphatic rings. The van der Waals surface area contributed by atoms with Crippen molar-refractivity contribution >= 4 is 19.8 Å². The number of hydrogen-bond acceptors (Lipinski definition) is 10. The van der Waals surface area contributed by atoms with Crippen LogP contribution in [0.2, 0.25) is 0 Å². The van der Waals surface area contributed by atoms with Crippen molar-refractivity contribution in [3.05, 3.63) is 0 Å². The van der Waals surface area contributed by atoms with Gasteiger partial charge >= 0.3 is 65.1 Å². The van der Waals surface area contributed by atoms with E-state index in [4.69, 9.17) is 10.5 Å². The molecule has 3 N–H and O–H groups in total. The van der Waals surface area contributed by atoms with Crippen LogP contribution in [0.25, 0.3) is 0 Å². The Bertz CT molecular complexity index is 603. The van der Waals surface area contributed by atoms with Gasteiger partial charge in [-0.15, -0.1) is 0 Å². The van der Waals surface area contributed by atoms with Crippen LogP contribution in [0.4, 0.5) is 0 Å². The van der Waals surface area contributed by atoms with Gasteiger partial charge in [-0.05, 0) is 6.42 Å². The van der Waals surface area contributed by atoms with Crippen molar-refractivity contribution in [3.63, 3.8) is 0 Å². The number of phosphoric acid groups is 1. The first-order valence-corrected chi connectivity index (χ1v) is 14.5. The zero-order chi connectivity index (χ0) is 26.4. The third-order valence-electron chi connectivity index (χ3n) is 5.56. The second-order valence-electron chi connectivity index (χ2n) is 9.00. The minimum Gasteiger partial charge on any atom is -0.756 e. The first-order valence-electron chi connectivity index (χ1n) is 13.1. The van der Waals surface area contributed by atoms with Gasteiger partial charge in [0.2, 0.25) is 0 Å². The molecule has 10 nitrogen and oxygen atoms in total. The predicted octanol–water partition coefficient (Wildman–Crippen LogP) is -3.26. The molecule has 0 aliphatic carbocycles. The summed E-state index contributed by atoms with van der Waals surface area (Å²) in [6.07, 6.45) is 17.3. The number of aliphatic carboxylic acids is 1. The molecule has 0 radical (unpaired) electrons. The summed E-state index contributed by atoms with van der Waals surface area (Å²) in [4.78, 5) is 33.6. The van der Waals surface area contributed by atoms with Crippen molar-refractivity contribution in [2.75, 3.05) is 19.8 Å². The van der Waals surface area contributed by atoms with Crippen LogP contribution >= 0.6 is 7.82 Å². The molecule has 208 valence electrons. The van der Waals surface area contributed by atoms with E-state index in [1.807, 2.05) is 0 Å². The molecule has 0 amide bonds. The number of aliphatic hydroxyl groups excluding tert-OH is 1. The molecule has 0 aliphatic heterocycles. The average Bonchev–Trinajstić information content (AvgIpc) is 2.82. The molecular weight excluding hydrogens is 523 g/mol. The quantitative estimate of drug-likeness (QED) is 0.0492. The molecular formula is C24H46NNa2O9P. The number of hydrogen-bond donors (Lipinski definition) is 2. The number of aliphatic hydroxyl groups is 1. The van der Waals surface area contributed by atoms with Gasteiger partial charge in [-0.3, -0.25) is 9.36 Å². The van der Waals surface area contributed by atoms with E-state index in [9.17, 15) is 29.3 Å². The fraction of sp³-hybridized carbons (Fsp3) is 0.917. The Kier molecular flexibility index (Phi) is 32.7. The first-order chi connectivity index (χ1) is 16.7. The summed E-state index contributed by atoms with van der Waals surface area (Å²) < 4.78 is 25.1. The number of carbonyl (C=O) groups is 2. The largest absolute Gasteiger partial charge is 1.00 e. The second-order valence-corrected chi connectivity index (χ2v) is 10.4. The molecule has 0 aromatic rings. The van der Waals surface area contributed by atoms with Gasteiger partial charge in [-0.1, -0.05) is 96.8 Å². The first kappa shape index (κ1) is 42.4. The van der Waals surface area contributed by atoms with Gasteiger partial charge in [0.1, 0.15) is 12.7 Å². The van der Waals surface area contributed by atoms with Gasteiger partial charge in [-0.2, -0.15) is 0 Å². The summed E-state index contributed by atoms with van der Waals surface area (Å²) in [6, 6.07) is -1.63. The maximum atomic E-state index is 11.7. The summed E-state index contributed by atoms with van der Waals surface area (Å²) in [5, 5.41) is 20.1. The zero-order valence-electron chi connectivity index (χ0n) is 23.3. The van der Waals surface area contributed by atoms with Gasteiger partial charge in [-0.25, -0.2) is 0 Å². The Balaban J connectivity index is -0.00000578. The summed E-state index contributed by atoms with van der Waals surface area (Å²) in [5.41, 5.74) is 5.07. The van der Waals surface area contributed by atoms with Crippen LogP contribution in [-0.2, 0) is 27.9 Å². The minimum absolute atomic E-state index is 0. The predicted molar refractivity (Wildman–Crippen MR) is 129 cm³/mol. The van der Waals surface area contributed by atoms with Crippen LogP contribution in [0, 0.1) is 0 Å². The van der Waals surface area contributed by atoms with Crippen molar-refractivity contribution in [1.29, 1.82) is 0 Å². The smallest absolute Gasteiger partial charge is 0.756 e. The number of carboxylic acid groups (broad SMARTS) is 1. The third kappa shape index (κ3) is 29.8. The van der Waals surface area contributed by atoms with Gasteiger partial charge in [0.05, 0.1) is 25.2 Å². The molecule has 0 spiro atoms. The maximum absolute atomic E-state index is 11.7. The van der Waals surface area contributed by atoms with E-state index < -0.39 is 51.7 Å². The van der Waals surface area contributed by atoms with Crippen molar-refractivity contribution in [2.24, 2.45) is 5.73 Å². The SMILES string of the molecule is CCCCCCCCCCCCCCCCCC(=O)OC[C@@H](O)COP(=O)([O-])OC[C@H](N)C(=O)[O-].[Na+].[Na+]. The molecule has 0 aromatic carbocycles. The molecule has 0 aromatic heterocycles. The number of phosphoric ester groups is 1. The van der Waals surface area contributed by atoms with E-state index in [2.05, 4.69) is 16.0 Å². The number of carbonyl (C=O) groups excluding carboxylic acids is 2. The molecule has 37 heavy (non-hydrogen) atoms. The van der Waals surface area contributed by atoms with Crippen molar-refractivity contribution < 1.29 is 102 Å².